The van der Waals surface area contributed by atoms with E-state index in [0.717, 1.165) is 33.9 Å². The normalized spacial score (nSPS) is 10.6. The minimum absolute atomic E-state index is 0.0776. The first kappa shape index (κ1) is 15.9. The molecular weight excluding hydrogens is 300 g/mol. The molecule has 0 atom stereocenters. The number of thiophene rings is 1. The van der Waals surface area contributed by atoms with Gasteiger partial charge in [-0.15, -0.1) is 23.1 Å². The third-order valence-corrected chi connectivity index (χ3v) is 5.23. The van der Waals surface area contributed by atoms with Crippen molar-refractivity contribution in [2.45, 2.75) is 31.6 Å². The smallest absolute Gasteiger partial charge is 0.266 e. The lowest BCUT2D eigenvalue weighted by Crippen LogP contribution is -2.13. The van der Waals surface area contributed by atoms with Crippen molar-refractivity contribution in [3.05, 3.63) is 40.1 Å². The van der Waals surface area contributed by atoms with Crippen LogP contribution in [0.25, 0.3) is 0 Å². The Hall–Kier alpha value is -1.46. The topological polar surface area (TPSA) is 55.1 Å². The van der Waals surface area contributed by atoms with Gasteiger partial charge in [0.05, 0.1) is 16.3 Å². The van der Waals surface area contributed by atoms with Gasteiger partial charge in [-0.3, -0.25) is 4.79 Å². The summed E-state index contributed by atoms with van der Waals surface area (Å²) >= 11 is 3.24. The molecule has 0 aliphatic heterocycles. The van der Waals surface area contributed by atoms with Crippen LogP contribution in [0.15, 0.2) is 34.5 Å². The predicted molar refractivity (Wildman–Crippen MR) is 93.5 cm³/mol. The maximum atomic E-state index is 12.4. The zero-order chi connectivity index (χ0) is 15.2. The van der Waals surface area contributed by atoms with Gasteiger partial charge in [0, 0.05) is 4.90 Å². The van der Waals surface area contributed by atoms with E-state index in [1.807, 2.05) is 29.6 Å². The number of benzene rings is 1. The first-order valence-corrected chi connectivity index (χ1v) is 8.92. The van der Waals surface area contributed by atoms with Gasteiger partial charge in [-0.2, -0.15) is 0 Å². The molecule has 1 heterocycles. The van der Waals surface area contributed by atoms with E-state index in [1.54, 1.807) is 11.8 Å². The Kier molecular flexibility index (Phi) is 5.70. The highest BCUT2D eigenvalue weighted by molar-refractivity contribution is 7.99. The number of rotatable bonds is 6. The Bertz CT molecular complexity index is 622. The highest BCUT2D eigenvalue weighted by atomic mass is 32.2. The van der Waals surface area contributed by atoms with Crippen LogP contribution in [-0.4, -0.2) is 11.7 Å². The maximum Gasteiger partial charge on any atom is 0.266 e. The van der Waals surface area contributed by atoms with Crippen molar-refractivity contribution in [3.63, 3.8) is 0 Å². The molecule has 0 saturated heterocycles. The van der Waals surface area contributed by atoms with Crippen LogP contribution in [0.5, 0.6) is 0 Å². The number of nitrogen functional groups attached to an aromatic ring is 1. The Balaban J connectivity index is 2.16. The molecule has 112 valence electrons. The molecule has 2 rings (SSSR count). The number of hydrogen-bond donors (Lipinski definition) is 2. The molecule has 0 unspecified atom stereocenters. The van der Waals surface area contributed by atoms with Crippen LogP contribution in [0.4, 0.5) is 11.4 Å². The quantitative estimate of drug-likeness (QED) is 0.602. The molecule has 0 aliphatic rings. The van der Waals surface area contributed by atoms with Crippen LogP contribution >= 0.6 is 23.1 Å². The Morgan fingerprint density at radius 3 is 2.86 bits per heavy atom. The predicted octanol–water partition coefficient (Wildman–Crippen LogP) is 4.65. The van der Waals surface area contributed by atoms with E-state index < -0.39 is 0 Å². The van der Waals surface area contributed by atoms with Gasteiger partial charge in [0.15, 0.2) is 0 Å². The largest absolute Gasteiger partial charge is 0.397 e. The summed E-state index contributed by atoms with van der Waals surface area (Å²) < 4.78 is 0. The molecule has 0 fully saturated rings. The molecule has 0 aliphatic carbocycles. The molecule has 0 spiro atoms. The van der Waals surface area contributed by atoms with Crippen LogP contribution in [0.2, 0.25) is 0 Å². The van der Waals surface area contributed by atoms with Crippen molar-refractivity contribution in [2.75, 3.05) is 16.8 Å². The van der Waals surface area contributed by atoms with E-state index >= 15 is 0 Å². The number of aryl methyl sites for hydroxylation is 1. The van der Waals surface area contributed by atoms with Crippen molar-refractivity contribution in [3.8, 4) is 0 Å². The van der Waals surface area contributed by atoms with Gasteiger partial charge in [0.2, 0.25) is 0 Å². The standard InChI is InChI=1S/C16H20N2OS2/c1-3-8-20-12-5-6-13(17)14(10-12)18-16(19)15-11(4-2)7-9-21-15/h5-7,9-10H,3-4,8,17H2,1-2H3,(H,18,19). The molecule has 0 bridgehead atoms. The molecule has 1 aromatic carbocycles. The molecule has 0 saturated carbocycles. The molecule has 3 nitrogen and oxygen atoms in total. The fourth-order valence-electron chi connectivity index (χ4n) is 1.95. The van der Waals surface area contributed by atoms with E-state index in [0.29, 0.717) is 11.4 Å². The van der Waals surface area contributed by atoms with Crippen LogP contribution < -0.4 is 11.1 Å². The number of anilines is 2. The average molecular weight is 320 g/mol. The number of thioether (sulfide) groups is 1. The summed E-state index contributed by atoms with van der Waals surface area (Å²) in [5.74, 6) is 0.980. The second kappa shape index (κ2) is 7.52. The Morgan fingerprint density at radius 2 is 2.14 bits per heavy atom. The van der Waals surface area contributed by atoms with Gasteiger partial charge in [-0.25, -0.2) is 0 Å². The SMILES string of the molecule is CCCSc1ccc(N)c(NC(=O)c2sccc2CC)c1. The van der Waals surface area contributed by atoms with Crippen LogP contribution in [0.3, 0.4) is 0 Å². The van der Waals surface area contributed by atoms with Crippen molar-refractivity contribution in [2.24, 2.45) is 0 Å². The number of amides is 1. The van der Waals surface area contributed by atoms with E-state index in [1.165, 1.54) is 11.3 Å². The zero-order valence-corrected chi connectivity index (χ0v) is 13.9. The second-order valence-corrected chi connectivity index (χ2v) is 6.76. The Labute approximate surface area is 133 Å². The molecule has 2 aromatic rings. The van der Waals surface area contributed by atoms with E-state index in [-0.39, 0.29) is 5.91 Å². The fourth-order valence-corrected chi connectivity index (χ4v) is 3.64. The van der Waals surface area contributed by atoms with E-state index in [2.05, 4.69) is 19.2 Å². The van der Waals surface area contributed by atoms with Gasteiger partial charge >= 0.3 is 0 Å². The van der Waals surface area contributed by atoms with Crippen molar-refractivity contribution in [1.82, 2.24) is 0 Å². The van der Waals surface area contributed by atoms with Crippen LogP contribution in [0.1, 0.15) is 35.5 Å². The van der Waals surface area contributed by atoms with Gasteiger partial charge in [-0.05, 0) is 53.8 Å². The lowest BCUT2D eigenvalue weighted by molar-refractivity contribution is 0.103. The molecule has 0 radical (unpaired) electrons. The summed E-state index contributed by atoms with van der Waals surface area (Å²) in [5.41, 5.74) is 8.33. The number of nitrogens with two attached hydrogens (primary N) is 1. The number of nitrogens with one attached hydrogen (secondary N) is 1. The highest BCUT2D eigenvalue weighted by Crippen LogP contribution is 2.28. The number of carbonyl (C=O) groups is 1. The van der Waals surface area contributed by atoms with Gasteiger partial charge in [0.1, 0.15) is 0 Å². The lowest BCUT2D eigenvalue weighted by Gasteiger charge is -2.10. The summed E-state index contributed by atoms with van der Waals surface area (Å²) in [6.45, 7) is 4.20. The minimum Gasteiger partial charge on any atom is -0.397 e. The lowest BCUT2D eigenvalue weighted by atomic mass is 10.2. The first-order valence-electron chi connectivity index (χ1n) is 7.05. The minimum atomic E-state index is -0.0776. The number of hydrogen-bond acceptors (Lipinski definition) is 4. The molecule has 5 heteroatoms. The molecule has 1 aromatic heterocycles. The van der Waals surface area contributed by atoms with Crippen molar-refractivity contribution in [1.29, 1.82) is 0 Å². The number of carbonyl (C=O) groups excluding carboxylic acids is 1. The molecule has 1 amide bonds. The molecular formula is C16H20N2OS2. The average Bonchev–Trinajstić information content (AvgIpc) is 2.96. The third-order valence-electron chi connectivity index (χ3n) is 3.08. The van der Waals surface area contributed by atoms with Crippen LogP contribution in [-0.2, 0) is 6.42 Å². The monoisotopic (exact) mass is 320 g/mol. The van der Waals surface area contributed by atoms with Gasteiger partial charge < -0.3 is 11.1 Å². The van der Waals surface area contributed by atoms with E-state index in [4.69, 9.17) is 5.73 Å². The zero-order valence-electron chi connectivity index (χ0n) is 12.3. The van der Waals surface area contributed by atoms with Crippen molar-refractivity contribution >= 4 is 40.4 Å². The maximum absolute atomic E-state index is 12.4. The van der Waals surface area contributed by atoms with E-state index in [9.17, 15) is 4.79 Å². The first-order chi connectivity index (χ1) is 10.2. The van der Waals surface area contributed by atoms with Gasteiger partial charge in [-0.1, -0.05) is 13.8 Å². The summed E-state index contributed by atoms with van der Waals surface area (Å²) in [6.07, 6.45) is 1.97. The molecule has 3 N–H and O–H groups in total. The third kappa shape index (κ3) is 4.02. The Morgan fingerprint density at radius 1 is 1.33 bits per heavy atom. The summed E-state index contributed by atoms with van der Waals surface area (Å²) in [5, 5.41) is 4.89. The van der Waals surface area contributed by atoms with Crippen molar-refractivity contribution < 1.29 is 4.79 Å². The molecule has 21 heavy (non-hydrogen) atoms. The highest BCUT2D eigenvalue weighted by Gasteiger charge is 2.13. The fraction of sp³-hybridized carbons (Fsp3) is 0.312. The van der Waals surface area contributed by atoms with Crippen LogP contribution in [0, 0.1) is 0 Å². The summed E-state index contributed by atoms with van der Waals surface area (Å²) in [7, 11) is 0. The summed E-state index contributed by atoms with van der Waals surface area (Å²) in [6, 6.07) is 7.79. The second-order valence-electron chi connectivity index (χ2n) is 4.68. The van der Waals surface area contributed by atoms with Gasteiger partial charge in [0.25, 0.3) is 5.91 Å². The summed E-state index contributed by atoms with van der Waals surface area (Å²) in [4.78, 5) is 14.3.